The third kappa shape index (κ3) is 10.5. The van der Waals surface area contributed by atoms with Crippen LogP contribution in [0, 0.1) is 23.0 Å². The number of piperidine rings is 2. The number of nitriles is 1. The third-order valence-corrected chi connectivity index (χ3v) is 13.4. The number of hydrogen-bond donors (Lipinski definition) is 3. The molecule has 3 fully saturated rings. The Morgan fingerprint density at radius 2 is 1.69 bits per heavy atom. The number of rotatable bonds is 14. The van der Waals surface area contributed by atoms with Gasteiger partial charge in [-0.15, -0.1) is 0 Å². The van der Waals surface area contributed by atoms with E-state index in [2.05, 4.69) is 30.5 Å². The van der Waals surface area contributed by atoms with Gasteiger partial charge in [0.2, 0.25) is 23.7 Å². The van der Waals surface area contributed by atoms with Crippen LogP contribution in [0.25, 0.3) is 16.6 Å². The summed E-state index contributed by atoms with van der Waals surface area (Å²) in [5.41, 5.74) is -0.00425. The van der Waals surface area contributed by atoms with Crippen LogP contribution >= 0.6 is 0 Å². The topological polar surface area (TPSA) is 228 Å². The van der Waals surface area contributed by atoms with Crippen LogP contribution in [0.1, 0.15) is 42.7 Å². The number of halogens is 4. The minimum atomic E-state index is -4.57. The van der Waals surface area contributed by atoms with Crippen LogP contribution in [0.15, 0.2) is 72.0 Å². The Hall–Kier alpha value is -7.23. The smallest absolute Gasteiger partial charge is 0.301 e. The summed E-state index contributed by atoms with van der Waals surface area (Å²) in [5, 5.41) is 15.2. The van der Waals surface area contributed by atoms with Crippen LogP contribution in [0.2, 0.25) is 0 Å². The Kier molecular flexibility index (Phi) is 13.9. The van der Waals surface area contributed by atoms with E-state index in [1.807, 2.05) is 9.62 Å². The van der Waals surface area contributed by atoms with E-state index in [0.717, 1.165) is 19.2 Å². The van der Waals surface area contributed by atoms with Crippen LogP contribution in [-0.2, 0) is 24.6 Å². The van der Waals surface area contributed by atoms with Crippen molar-refractivity contribution in [1.82, 2.24) is 38.9 Å². The first-order valence-electron chi connectivity index (χ1n) is 21.5. The molecule has 0 saturated carbocycles. The number of carbonyl (C=O) groups excluding carboxylic acids is 3. The third-order valence-electron chi connectivity index (χ3n) is 12.0. The molecule has 19 nitrogen and oxygen atoms in total. The van der Waals surface area contributed by atoms with E-state index < -0.39 is 63.5 Å². The van der Waals surface area contributed by atoms with Gasteiger partial charge in [-0.2, -0.15) is 18.0 Å². The SMILES string of the molecule is CN(CC(F)F)S(=O)(=O)Nc1ccc(F)c(Oc2ccc3ncn(-c4cnc(N5CCN(C(=O)CN6CCC(c7ccc(N[C@@H]8CCC(=O)NC8=O)cc7F)CC6)CC5)nc4)c(=O)c3c2)c1C#N. The normalized spacial score (nSPS) is 17.4. The zero-order chi connectivity index (χ0) is 48.3. The average Bonchev–Trinajstić information content (AvgIpc) is 3.31. The number of imide groups is 1. The lowest BCUT2D eigenvalue weighted by atomic mass is 9.89. The van der Waals surface area contributed by atoms with E-state index in [0.29, 0.717) is 80.0 Å². The van der Waals surface area contributed by atoms with Crippen molar-refractivity contribution in [3.05, 3.63) is 100 Å². The largest absolute Gasteiger partial charge is 0.453 e. The number of anilines is 3. The number of nitrogens with zero attached hydrogens (tertiary/aromatic N) is 9. The van der Waals surface area contributed by atoms with Crippen LogP contribution in [-0.4, -0.2) is 132 Å². The van der Waals surface area contributed by atoms with Gasteiger partial charge >= 0.3 is 10.2 Å². The first-order valence-corrected chi connectivity index (χ1v) is 22.9. The van der Waals surface area contributed by atoms with E-state index in [4.69, 9.17) is 4.74 Å². The number of piperazine rings is 1. The highest BCUT2D eigenvalue weighted by molar-refractivity contribution is 7.90. The molecule has 0 aliphatic carbocycles. The Balaban J connectivity index is 0.846. The molecule has 68 heavy (non-hydrogen) atoms. The molecular weight excluding hydrogens is 917 g/mol. The van der Waals surface area contributed by atoms with Gasteiger partial charge in [0, 0.05) is 45.3 Å². The van der Waals surface area contributed by atoms with Gasteiger partial charge in [0.25, 0.3) is 12.0 Å². The lowest BCUT2D eigenvalue weighted by Crippen LogP contribution is -2.52. The highest BCUT2D eigenvalue weighted by Gasteiger charge is 2.30. The second-order valence-electron chi connectivity index (χ2n) is 16.4. The number of amides is 3. The van der Waals surface area contributed by atoms with Crippen molar-refractivity contribution in [1.29, 1.82) is 5.26 Å². The van der Waals surface area contributed by atoms with Crippen LogP contribution in [0.5, 0.6) is 11.5 Å². The Morgan fingerprint density at radius 1 is 0.956 bits per heavy atom. The van der Waals surface area contributed by atoms with Crippen molar-refractivity contribution in [3.63, 3.8) is 0 Å². The molecule has 3 aliphatic heterocycles. The monoisotopic (exact) mass is 960 g/mol. The first kappa shape index (κ1) is 47.3. The van der Waals surface area contributed by atoms with Crippen LogP contribution in [0.3, 0.4) is 0 Å². The summed E-state index contributed by atoms with van der Waals surface area (Å²) in [6.45, 7) is 2.13. The maximum Gasteiger partial charge on any atom is 0.301 e. The molecular formula is C44H44F4N12O7S. The Labute approximate surface area is 386 Å². The number of fused-ring (bicyclic) bond motifs is 1. The second kappa shape index (κ2) is 19.9. The van der Waals surface area contributed by atoms with Crippen LogP contribution < -0.4 is 30.6 Å². The van der Waals surface area contributed by atoms with E-state index >= 15 is 8.78 Å². The number of alkyl halides is 2. The predicted molar refractivity (Wildman–Crippen MR) is 239 cm³/mol. The van der Waals surface area contributed by atoms with Crippen molar-refractivity contribution in [2.24, 2.45) is 0 Å². The van der Waals surface area contributed by atoms with Crippen LogP contribution in [0.4, 0.5) is 34.9 Å². The fourth-order valence-corrected chi connectivity index (χ4v) is 9.17. The summed E-state index contributed by atoms with van der Waals surface area (Å²) in [7, 11) is -3.66. The molecule has 8 rings (SSSR count). The molecule has 0 unspecified atom stereocenters. The number of hydrogen-bond acceptors (Lipinski definition) is 14. The lowest BCUT2D eigenvalue weighted by Gasteiger charge is -2.37. The van der Waals surface area contributed by atoms with Crippen molar-refractivity contribution < 1.29 is 45.1 Å². The van der Waals surface area contributed by atoms with Gasteiger partial charge in [-0.25, -0.2) is 32.5 Å². The molecule has 3 amide bonds. The molecule has 1 atom stereocenters. The summed E-state index contributed by atoms with van der Waals surface area (Å²) in [6, 6.07) is 11.7. The van der Waals surface area contributed by atoms with E-state index in [1.54, 1.807) is 23.1 Å². The van der Waals surface area contributed by atoms with Gasteiger partial charge in [0.05, 0.1) is 47.8 Å². The minimum absolute atomic E-state index is 0.0177. The molecule has 5 heterocycles. The fourth-order valence-electron chi connectivity index (χ4n) is 8.26. The van der Waals surface area contributed by atoms with Crippen molar-refractivity contribution in [2.75, 3.05) is 74.3 Å². The second-order valence-corrected chi connectivity index (χ2v) is 18.2. The molecule has 3 aliphatic rings. The highest BCUT2D eigenvalue weighted by Crippen LogP contribution is 2.35. The summed E-state index contributed by atoms with van der Waals surface area (Å²) >= 11 is 0. The number of benzene rings is 3. The van der Waals surface area contributed by atoms with Gasteiger partial charge < -0.3 is 19.9 Å². The van der Waals surface area contributed by atoms with Crippen molar-refractivity contribution >= 4 is 56.2 Å². The summed E-state index contributed by atoms with van der Waals surface area (Å²) in [6.07, 6.45) is 3.09. The molecule has 3 saturated heterocycles. The molecule has 24 heteroatoms. The fraction of sp³-hybridized carbons (Fsp3) is 0.364. The quantitative estimate of drug-likeness (QED) is 0.107. The number of carbonyl (C=O) groups is 3. The standard InChI is InChI=1S/C44H44F4N12O7S/c1-56(23-38(47)48)68(65,66)55-36-7-5-33(45)41(32(36)20-49)67-29-3-6-35-31(19-29)43(64)60(25-52-35)28-21-50-44(51-22-28)59-16-14-58(15-17-59)40(62)24-57-12-10-26(11-13-57)30-4-2-27(18-34(30)46)53-37-8-9-39(61)54-42(37)63/h2-7,18-19,21-22,25-26,37-38,53,55H,8-17,23-24H2,1H3,(H,54,61,63)/t37-/m1/s1. The number of aromatic nitrogens is 4. The average molecular weight is 961 g/mol. The molecule has 356 valence electrons. The molecule has 0 bridgehead atoms. The summed E-state index contributed by atoms with van der Waals surface area (Å²) < 4.78 is 90.5. The van der Waals surface area contributed by atoms with E-state index in [9.17, 15) is 41.6 Å². The minimum Gasteiger partial charge on any atom is -0.453 e. The molecule has 2 aromatic heterocycles. The first-order chi connectivity index (χ1) is 32.6. The summed E-state index contributed by atoms with van der Waals surface area (Å²) in [5.74, 6) is -2.61. The van der Waals surface area contributed by atoms with Gasteiger partial charge in [-0.3, -0.25) is 38.7 Å². The molecule has 0 spiro atoms. The number of ether oxygens (including phenoxy) is 1. The van der Waals surface area contributed by atoms with Gasteiger partial charge in [-0.1, -0.05) is 6.07 Å². The van der Waals surface area contributed by atoms with Gasteiger partial charge in [0.1, 0.15) is 35.6 Å². The number of nitrogens with one attached hydrogen (secondary N) is 3. The Morgan fingerprint density at radius 3 is 2.37 bits per heavy atom. The van der Waals surface area contributed by atoms with E-state index in [-0.39, 0.29) is 58.9 Å². The zero-order valence-corrected chi connectivity index (χ0v) is 37.2. The molecule has 5 aromatic rings. The number of likely N-dealkylation sites (tertiary alicyclic amines) is 1. The van der Waals surface area contributed by atoms with Gasteiger partial charge in [-0.05, 0) is 86.3 Å². The highest BCUT2D eigenvalue weighted by atomic mass is 32.2. The zero-order valence-electron chi connectivity index (χ0n) is 36.4. The van der Waals surface area contributed by atoms with E-state index in [1.165, 1.54) is 47.6 Å². The Bertz CT molecular complexity index is 2960. The molecule has 3 aromatic carbocycles. The maximum absolute atomic E-state index is 15.2. The van der Waals surface area contributed by atoms with Crippen molar-refractivity contribution in [3.8, 4) is 23.3 Å². The van der Waals surface area contributed by atoms with Crippen molar-refractivity contribution in [2.45, 2.75) is 44.1 Å². The summed E-state index contributed by atoms with van der Waals surface area (Å²) in [4.78, 5) is 69.7. The lowest BCUT2D eigenvalue weighted by molar-refractivity contribution is -0.134. The predicted octanol–water partition coefficient (Wildman–Crippen LogP) is 3.72. The molecule has 0 radical (unpaired) electrons. The van der Waals surface area contributed by atoms with Gasteiger partial charge in [0.15, 0.2) is 11.6 Å². The maximum atomic E-state index is 15.2. The molecule has 3 N–H and O–H groups in total.